The van der Waals surface area contributed by atoms with Crippen molar-refractivity contribution >= 4 is 28.0 Å². The number of fused-ring (bicyclic) bond motifs is 1. The van der Waals surface area contributed by atoms with Gasteiger partial charge in [0.2, 0.25) is 5.13 Å². The molecular formula is C17H19N5OS. The van der Waals surface area contributed by atoms with Gasteiger partial charge in [-0.3, -0.25) is 14.5 Å². The third-order valence-corrected chi connectivity index (χ3v) is 5.54. The normalized spacial score (nSPS) is 15.7. The molecular weight excluding hydrogens is 322 g/mol. The zero-order chi connectivity index (χ0) is 16.5. The smallest absolute Gasteiger partial charge is 0.276 e. The Morgan fingerprint density at radius 2 is 2.08 bits per heavy atom. The van der Waals surface area contributed by atoms with Crippen LogP contribution in [0.15, 0.2) is 24.4 Å². The van der Waals surface area contributed by atoms with Crippen molar-refractivity contribution in [2.24, 2.45) is 0 Å². The molecule has 1 aliphatic rings. The Hall–Kier alpha value is -2.28. The highest BCUT2D eigenvalue weighted by molar-refractivity contribution is 7.15. The summed E-state index contributed by atoms with van der Waals surface area (Å²) in [5, 5.41) is 12.9. The van der Waals surface area contributed by atoms with Crippen LogP contribution in [0, 0.1) is 6.92 Å². The summed E-state index contributed by atoms with van der Waals surface area (Å²) in [6, 6.07) is 5.68. The van der Waals surface area contributed by atoms with E-state index in [2.05, 4.69) is 20.5 Å². The molecule has 0 spiro atoms. The van der Waals surface area contributed by atoms with Gasteiger partial charge in [0.25, 0.3) is 5.91 Å². The van der Waals surface area contributed by atoms with Crippen LogP contribution < -0.4 is 5.32 Å². The van der Waals surface area contributed by atoms with E-state index in [9.17, 15) is 4.79 Å². The second-order valence-corrected chi connectivity index (χ2v) is 7.22. The molecule has 3 heterocycles. The van der Waals surface area contributed by atoms with E-state index < -0.39 is 0 Å². The first-order valence-electron chi connectivity index (χ1n) is 8.31. The van der Waals surface area contributed by atoms with Gasteiger partial charge in [0, 0.05) is 12.1 Å². The van der Waals surface area contributed by atoms with Crippen molar-refractivity contribution in [2.45, 2.75) is 44.9 Å². The quantitative estimate of drug-likeness (QED) is 0.786. The molecule has 1 aliphatic carbocycles. The van der Waals surface area contributed by atoms with Gasteiger partial charge in [0.1, 0.15) is 16.3 Å². The Kier molecular flexibility index (Phi) is 4.02. The lowest BCUT2D eigenvalue weighted by molar-refractivity contribution is 0.102. The third-order valence-electron chi connectivity index (χ3n) is 4.53. The standard InChI is InChI=1S/C17H19N5OS/c1-11-14(22-10-6-5-9-13(22)18-11)15(23)19-17-21-20-16(24-17)12-7-3-2-4-8-12/h5-6,9-10,12H,2-4,7-8H2,1H3,(H,19,21,23). The van der Waals surface area contributed by atoms with Crippen LogP contribution >= 0.6 is 11.3 Å². The first-order chi connectivity index (χ1) is 11.7. The first-order valence-corrected chi connectivity index (χ1v) is 9.12. The molecule has 1 N–H and O–H groups in total. The van der Waals surface area contributed by atoms with E-state index in [0.717, 1.165) is 10.7 Å². The van der Waals surface area contributed by atoms with Gasteiger partial charge in [0.15, 0.2) is 0 Å². The van der Waals surface area contributed by atoms with Crippen molar-refractivity contribution in [1.29, 1.82) is 0 Å². The summed E-state index contributed by atoms with van der Waals surface area (Å²) in [5.41, 5.74) is 2.01. The molecule has 6 nitrogen and oxygen atoms in total. The molecule has 0 saturated heterocycles. The molecule has 3 aromatic rings. The van der Waals surface area contributed by atoms with Crippen LogP contribution in [0.4, 0.5) is 5.13 Å². The largest absolute Gasteiger partial charge is 0.295 e. The van der Waals surface area contributed by atoms with E-state index in [-0.39, 0.29) is 5.91 Å². The van der Waals surface area contributed by atoms with Crippen molar-refractivity contribution in [1.82, 2.24) is 19.6 Å². The second-order valence-electron chi connectivity index (χ2n) is 6.21. The Morgan fingerprint density at radius 3 is 2.92 bits per heavy atom. The lowest BCUT2D eigenvalue weighted by atomic mass is 9.90. The molecule has 0 unspecified atom stereocenters. The number of pyridine rings is 1. The predicted octanol–water partition coefficient (Wildman–Crippen LogP) is 3.79. The number of hydrogen-bond acceptors (Lipinski definition) is 5. The maximum Gasteiger partial charge on any atom is 0.276 e. The van der Waals surface area contributed by atoms with Crippen LogP contribution in [0.2, 0.25) is 0 Å². The third kappa shape index (κ3) is 2.80. The predicted molar refractivity (Wildman–Crippen MR) is 93.6 cm³/mol. The van der Waals surface area contributed by atoms with Crippen LogP contribution in [0.1, 0.15) is 59.2 Å². The molecule has 4 rings (SSSR count). The van der Waals surface area contributed by atoms with Gasteiger partial charge in [-0.15, -0.1) is 10.2 Å². The number of nitrogens with one attached hydrogen (secondary N) is 1. The topological polar surface area (TPSA) is 72.2 Å². The van der Waals surface area contributed by atoms with Crippen LogP contribution in [0.25, 0.3) is 5.65 Å². The number of carbonyl (C=O) groups is 1. The molecule has 0 aliphatic heterocycles. The molecule has 0 atom stereocenters. The first kappa shape index (κ1) is 15.3. The van der Waals surface area contributed by atoms with Crippen LogP contribution in [-0.4, -0.2) is 25.5 Å². The average molecular weight is 341 g/mol. The highest BCUT2D eigenvalue weighted by Crippen LogP contribution is 2.35. The Bertz CT molecular complexity index is 878. The summed E-state index contributed by atoms with van der Waals surface area (Å²) >= 11 is 1.49. The molecule has 1 amide bonds. The fraction of sp³-hybridized carbons (Fsp3) is 0.412. The SMILES string of the molecule is Cc1nc2ccccn2c1C(=O)Nc1nnc(C2CCCCC2)s1. The Morgan fingerprint density at radius 1 is 1.25 bits per heavy atom. The summed E-state index contributed by atoms with van der Waals surface area (Å²) in [6.45, 7) is 1.84. The number of rotatable bonds is 3. The summed E-state index contributed by atoms with van der Waals surface area (Å²) < 4.78 is 1.80. The number of carbonyl (C=O) groups excluding carboxylic acids is 1. The second kappa shape index (κ2) is 6.32. The summed E-state index contributed by atoms with van der Waals surface area (Å²) in [5.74, 6) is 0.303. The fourth-order valence-electron chi connectivity index (χ4n) is 3.34. The minimum atomic E-state index is -0.197. The van der Waals surface area contributed by atoms with Gasteiger partial charge in [-0.05, 0) is 31.9 Å². The molecule has 1 fully saturated rings. The Balaban J connectivity index is 1.55. The van der Waals surface area contributed by atoms with E-state index in [1.807, 2.05) is 31.3 Å². The molecule has 0 aromatic carbocycles. The van der Waals surface area contributed by atoms with Crippen molar-refractivity contribution in [3.05, 3.63) is 40.8 Å². The maximum absolute atomic E-state index is 12.7. The number of nitrogens with zero attached hydrogens (tertiary/aromatic N) is 4. The molecule has 3 aromatic heterocycles. The summed E-state index contributed by atoms with van der Waals surface area (Å²) in [4.78, 5) is 17.1. The zero-order valence-corrected chi connectivity index (χ0v) is 14.3. The minimum Gasteiger partial charge on any atom is -0.295 e. The number of anilines is 1. The van der Waals surface area contributed by atoms with E-state index in [1.165, 1.54) is 43.4 Å². The minimum absolute atomic E-state index is 0.197. The number of hydrogen-bond donors (Lipinski definition) is 1. The monoisotopic (exact) mass is 341 g/mol. The van der Waals surface area contributed by atoms with Crippen molar-refractivity contribution in [3.8, 4) is 0 Å². The van der Waals surface area contributed by atoms with Gasteiger partial charge in [-0.1, -0.05) is 36.7 Å². The summed E-state index contributed by atoms with van der Waals surface area (Å²) in [6.07, 6.45) is 8.02. The van der Waals surface area contributed by atoms with Crippen molar-refractivity contribution < 1.29 is 4.79 Å². The molecule has 24 heavy (non-hydrogen) atoms. The van der Waals surface area contributed by atoms with Gasteiger partial charge in [-0.25, -0.2) is 4.98 Å². The number of imidazole rings is 1. The zero-order valence-electron chi connectivity index (χ0n) is 13.5. The van der Waals surface area contributed by atoms with Crippen molar-refractivity contribution in [2.75, 3.05) is 5.32 Å². The Labute approximate surface area is 143 Å². The molecule has 0 radical (unpaired) electrons. The van der Waals surface area contributed by atoms with Gasteiger partial charge in [0.05, 0.1) is 5.69 Å². The van der Waals surface area contributed by atoms with Crippen molar-refractivity contribution in [3.63, 3.8) is 0 Å². The van der Waals surface area contributed by atoms with Crippen LogP contribution in [-0.2, 0) is 0 Å². The molecule has 7 heteroatoms. The van der Waals surface area contributed by atoms with E-state index in [4.69, 9.17) is 0 Å². The summed E-state index contributed by atoms with van der Waals surface area (Å²) in [7, 11) is 0. The lowest BCUT2D eigenvalue weighted by Gasteiger charge is -2.18. The molecule has 1 saturated carbocycles. The average Bonchev–Trinajstić information content (AvgIpc) is 3.19. The molecule has 0 bridgehead atoms. The molecule has 124 valence electrons. The number of aryl methyl sites for hydroxylation is 1. The lowest BCUT2D eigenvalue weighted by Crippen LogP contribution is -2.15. The van der Waals surface area contributed by atoms with Crippen LogP contribution in [0.5, 0.6) is 0 Å². The fourth-order valence-corrected chi connectivity index (χ4v) is 4.25. The maximum atomic E-state index is 12.7. The van der Waals surface area contributed by atoms with Gasteiger partial charge < -0.3 is 0 Å². The van der Waals surface area contributed by atoms with Gasteiger partial charge >= 0.3 is 0 Å². The number of amides is 1. The van der Waals surface area contributed by atoms with E-state index in [0.29, 0.717) is 22.4 Å². The number of aromatic nitrogens is 4. The van der Waals surface area contributed by atoms with E-state index >= 15 is 0 Å². The van der Waals surface area contributed by atoms with E-state index in [1.54, 1.807) is 4.40 Å². The van der Waals surface area contributed by atoms with Crippen LogP contribution in [0.3, 0.4) is 0 Å². The highest BCUT2D eigenvalue weighted by atomic mass is 32.1. The highest BCUT2D eigenvalue weighted by Gasteiger charge is 2.22. The van der Waals surface area contributed by atoms with Gasteiger partial charge in [-0.2, -0.15) is 0 Å².